The maximum atomic E-state index is 15.9. The van der Waals surface area contributed by atoms with Crippen molar-refractivity contribution in [2.24, 2.45) is 7.05 Å². The number of amides is 1. The Labute approximate surface area is 233 Å². The SMILES string of the molecule is Cl.Cn1cc(-c2cc3c(-c4ccc(CNC(=O)c5nc(C(C)(C)C)no5)c(CC(F)F)c4F)ncnn3c2)cn1. The van der Waals surface area contributed by atoms with Crippen LogP contribution in [0.5, 0.6) is 0 Å². The van der Waals surface area contributed by atoms with Crippen molar-refractivity contribution in [1.29, 1.82) is 0 Å². The summed E-state index contributed by atoms with van der Waals surface area (Å²) < 4.78 is 51.1. The van der Waals surface area contributed by atoms with Crippen LogP contribution in [0.3, 0.4) is 0 Å². The lowest BCUT2D eigenvalue weighted by Crippen LogP contribution is -2.25. The number of hydrogen-bond acceptors (Lipinski definition) is 7. The molecule has 1 N–H and O–H groups in total. The van der Waals surface area contributed by atoms with Gasteiger partial charge in [0.25, 0.3) is 0 Å². The zero-order valence-corrected chi connectivity index (χ0v) is 22.8. The third-order valence-corrected chi connectivity index (χ3v) is 6.13. The highest BCUT2D eigenvalue weighted by molar-refractivity contribution is 5.89. The van der Waals surface area contributed by atoms with E-state index in [9.17, 15) is 13.6 Å². The van der Waals surface area contributed by atoms with E-state index in [4.69, 9.17) is 4.52 Å². The van der Waals surface area contributed by atoms with E-state index in [0.717, 1.165) is 11.1 Å². The molecule has 0 radical (unpaired) electrons. The maximum Gasteiger partial charge on any atom is 0.315 e. The number of hydrogen-bond donors (Lipinski definition) is 1. The highest BCUT2D eigenvalue weighted by Crippen LogP contribution is 2.32. The Balaban J connectivity index is 0.00000370. The second-order valence-corrected chi connectivity index (χ2v) is 10.1. The van der Waals surface area contributed by atoms with Gasteiger partial charge in [-0.15, -0.1) is 12.4 Å². The summed E-state index contributed by atoms with van der Waals surface area (Å²) in [5, 5.41) is 14.7. The number of nitrogens with zero attached hydrogens (tertiary/aromatic N) is 7. The maximum absolute atomic E-state index is 15.9. The van der Waals surface area contributed by atoms with Crippen LogP contribution in [0.25, 0.3) is 27.9 Å². The molecule has 0 aliphatic rings. The van der Waals surface area contributed by atoms with Crippen LogP contribution < -0.4 is 5.32 Å². The molecule has 5 aromatic rings. The molecule has 0 aliphatic carbocycles. The van der Waals surface area contributed by atoms with Gasteiger partial charge in [-0.05, 0) is 23.3 Å². The Bertz CT molecular complexity index is 1670. The molecule has 4 heterocycles. The fourth-order valence-electron chi connectivity index (χ4n) is 4.12. The first-order valence-corrected chi connectivity index (χ1v) is 12.0. The number of fused-ring (bicyclic) bond motifs is 1. The Hall–Kier alpha value is -4.26. The van der Waals surface area contributed by atoms with Crippen molar-refractivity contribution in [3.05, 3.63) is 71.8 Å². The summed E-state index contributed by atoms with van der Waals surface area (Å²) in [6.07, 6.45) is 2.87. The van der Waals surface area contributed by atoms with Crippen molar-refractivity contribution >= 4 is 23.8 Å². The van der Waals surface area contributed by atoms with Crippen molar-refractivity contribution in [2.75, 3.05) is 0 Å². The summed E-state index contributed by atoms with van der Waals surface area (Å²) in [5.74, 6) is -1.47. The van der Waals surface area contributed by atoms with E-state index in [2.05, 4.69) is 30.6 Å². The minimum atomic E-state index is -2.81. The van der Waals surface area contributed by atoms with Crippen LogP contribution in [-0.4, -0.2) is 46.9 Å². The van der Waals surface area contributed by atoms with Gasteiger partial charge in [0.1, 0.15) is 17.8 Å². The first-order valence-electron chi connectivity index (χ1n) is 12.0. The van der Waals surface area contributed by atoms with Gasteiger partial charge in [-0.3, -0.25) is 9.48 Å². The summed E-state index contributed by atoms with van der Waals surface area (Å²) in [5.41, 5.74) is 1.92. The standard InChI is InChI=1S/C26H25F3N8O2.ClH/c1-26(2,3)25-34-24(39-35-25)23(38)30-9-14-5-6-17(21(29)18(14)8-20(27)28)22-19-7-15(12-37(19)33-13-31-22)16-10-32-36(4)11-16;/h5-7,10-13,20H,8-9H2,1-4H3,(H,30,38);1H. The normalized spacial score (nSPS) is 11.7. The van der Waals surface area contributed by atoms with Crippen LogP contribution in [0.4, 0.5) is 13.2 Å². The average Bonchev–Trinajstić information content (AvgIpc) is 3.63. The quantitative estimate of drug-likeness (QED) is 0.297. The van der Waals surface area contributed by atoms with Gasteiger partial charge >= 0.3 is 11.8 Å². The van der Waals surface area contributed by atoms with Crippen molar-refractivity contribution in [3.8, 4) is 22.4 Å². The Morgan fingerprint density at radius 3 is 2.58 bits per heavy atom. The molecule has 4 aromatic heterocycles. The molecule has 5 rings (SSSR count). The van der Waals surface area contributed by atoms with Gasteiger partial charge in [0, 0.05) is 54.5 Å². The average molecular weight is 575 g/mol. The number of carbonyl (C=O) groups is 1. The van der Waals surface area contributed by atoms with Gasteiger partial charge in [0.2, 0.25) is 6.43 Å². The number of alkyl halides is 2. The van der Waals surface area contributed by atoms with E-state index in [0.29, 0.717) is 11.3 Å². The lowest BCUT2D eigenvalue weighted by Gasteiger charge is -2.14. The summed E-state index contributed by atoms with van der Waals surface area (Å²) >= 11 is 0. The van der Waals surface area contributed by atoms with E-state index in [1.807, 2.05) is 27.0 Å². The summed E-state index contributed by atoms with van der Waals surface area (Å²) in [6, 6.07) is 4.73. The van der Waals surface area contributed by atoms with Gasteiger partial charge in [0.15, 0.2) is 5.82 Å². The van der Waals surface area contributed by atoms with Crippen molar-refractivity contribution in [3.63, 3.8) is 0 Å². The minimum Gasteiger partial charge on any atom is -0.344 e. The third-order valence-electron chi connectivity index (χ3n) is 6.13. The van der Waals surface area contributed by atoms with Gasteiger partial charge in [-0.1, -0.05) is 32.0 Å². The van der Waals surface area contributed by atoms with E-state index >= 15 is 4.39 Å². The largest absolute Gasteiger partial charge is 0.344 e. The number of aryl methyl sites for hydroxylation is 1. The second kappa shape index (κ2) is 11.1. The topological polar surface area (TPSA) is 116 Å². The van der Waals surface area contributed by atoms with E-state index in [1.165, 1.54) is 18.5 Å². The zero-order chi connectivity index (χ0) is 27.9. The predicted octanol–water partition coefficient (Wildman–Crippen LogP) is 4.78. The summed E-state index contributed by atoms with van der Waals surface area (Å²) in [6.45, 7) is 5.36. The monoisotopic (exact) mass is 574 g/mol. The molecule has 0 saturated heterocycles. The molecule has 1 aromatic carbocycles. The van der Waals surface area contributed by atoms with E-state index < -0.39 is 30.0 Å². The van der Waals surface area contributed by atoms with Crippen LogP contribution in [0, 0.1) is 5.82 Å². The smallest absolute Gasteiger partial charge is 0.315 e. The highest BCUT2D eigenvalue weighted by Gasteiger charge is 2.25. The Kier molecular flexibility index (Phi) is 7.96. The summed E-state index contributed by atoms with van der Waals surface area (Å²) in [7, 11) is 1.79. The number of carbonyl (C=O) groups excluding carboxylic acids is 1. The first kappa shape index (κ1) is 28.7. The van der Waals surface area contributed by atoms with Crippen LogP contribution in [-0.2, 0) is 25.4 Å². The third kappa shape index (κ3) is 5.69. The van der Waals surface area contributed by atoms with Gasteiger partial charge in [-0.2, -0.15) is 15.2 Å². The minimum absolute atomic E-state index is 0. The van der Waals surface area contributed by atoms with Crippen LogP contribution in [0.1, 0.15) is 48.4 Å². The molecule has 0 saturated carbocycles. The molecule has 0 bridgehead atoms. The fourth-order valence-corrected chi connectivity index (χ4v) is 4.12. The van der Waals surface area contributed by atoms with Gasteiger partial charge in [-0.25, -0.2) is 22.7 Å². The molecule has 0 spiro atoms. The molecule has 1 amide bonds. The molecule has 14 heteroatoms. The molecular weight excluding hydrogens is 549 g/mol. The van der Waals surface area contributed by atoms with Crippen LogP contribution in [0.2, 0.25) is 0 Å². The molecule has 210 valence electrons. The van der Waals surface area contributed by atoms with Crippen LogP contribution >= 0.6 is 12.4 Å². The van der Waals surface area contributed by atoms with Gasteiger partial charge in [0.05, 0.1) is 11.7 Å². The molecule has 0 aliphatic heterocycles. The molecular formula is C26H26ClF3N8O2. The van der Waals surface area contributed by atoms with Crippen molar-refractivity contribution in [2.45, 2.75) is 45.6 Å². The highest BCUT2D eigenvalue weighted by atomic mass is 35.5. The summed E-state index contributed by atoms with van der Waals surface area (Å²) in [4.78, 5) is 20.9. The number of benzene rings is 1. The number of halogens is 4. The predicted molar refractivity (Wildman–Crippen MR) is 142 cm³/mol. The Morgan fingerprint density at radius 2 is 1.93 bits per heavy atom. The zero-order valence-electron chi connectivity index (χ0n) is 22.0. The fraction of sp³-hybridized carbons (Fsp3) is 0.308. The molecule has 0 fully saturated rings. The van der Waals surface area contributed by atoms with E-state index in [1.54, 1.807) is 34.7 Å². The number of aromatic nitrogens is 7. The Morgan fingerprint density at radius 1 is 1.15 bits per heavy atom. The second-order valence-electron chi connectivity index (χ2n) is 10.1. The molecule has 40 heavy (non-hydrogen) atoms. The van der Waals surface area contributed by atoms with Gasteiger partial charge < -0.3 is 9.84 Å². The lowest BCUT2D eigenvalue weighted by molar-refractivity contribution is 0.0906. The van der Waals surface area contributed by atoms with E-state index in [-0.39, 0.29) is 47.2 Å². The molecule has 0 atom stereocenters. The lowest BCUT2D eigenvalue weighted by atomic mass is 9.96. The van der Waals surface area contributed by atoms with Crippen molar-refractivity contribution < 1.29 is 22.5 Å². The van der Waals surface area contributed by atoms with Crippen LogP contribution in [0.15, 0.2) is 47.6 Å². The molecule has 10 nitrogen and oxygen atoms in total. The molecule has 0 unspecified atom stereocenters. The van der Waals surface area contributed by atoms with Crippen molar-refractivity contribution in [1.82, 2.24) is 39.8 Å². The number of rotatable bonds is 7. The first-order chi connectivity index (χ1) is 18.5. The number of nitrogens with one attached hydrogen (secondary N) is 1.